The molecular formula is C14H17N5O. The van der Waals surface area contributed by atoms with Gasteiger partial charge < -0.3 is 9.80 Å². The van der Waals surface area contributed by atoms with Gasteiger partial charge in [0.15, 0.2) is 0 Å². The van der Waals surface area contributed by atoms with Gasteiger partial charge in [-0.3, -0.25) is 4.79 Å². The van der Waals surface area contributed by atoms with E-state index in [0.717, 1.165) is 0 Å². The number of hydrogen-bond acceptors (Lipinski definition) is 5. The third-order valence-electron chi connectivity index (χ3n) is 2.83. The molecule has 1 aromatic rings. The van der Waals surface area contributed by atoms with Crippen LogP contribution >= 0.6 is 0 Å². The van der Waals surface area contributed by atoms with Crippen LogP contribution in [0.25, 0.3) is 0 Å². The summed E-state index contributed by atoms with van der Waals surface area (Å²) >= 11 is 0. The molecule has 0 aliphatic rings. The molecule has 0 fully saturated rings. The van der Waals surface area contributed by atoms with E-state index in [0.29, 0.717) is 17.9 Å². The Morgan fingerprint density at radius 3 is 2.60 bits per heavy atom. The standard InChI is InChI=1S/C14H17N5O/c1-11(6-15)9-19(3)14(20)10-18(2)13-5-4-12(7-16)8-17-13/h4-5,8,11H,9-10H2,1-3H3. The fraction of sp³-hybridized carbons (Fsp3) is 0.429. The third-order valence-corrected chi connectivity index (χ3v) is 2.83. The lowest BCUT2D eigenvalue weighted by Gasteiger charge is -2.23. The highest BCUT2D eigenvalue weighted by Crippen LogP contribution is 2.09. The van der Waals surface area contributed by atoms with Crippen LogP contribution in [0.3, 0.4) is 0 Å². The fourth-order valence-corrected chi connectivity index (χ4v) is 1.64. The molecule has 0 radical (unpaired) electrons. The number of aromatic nitrogens is 1. The minimum Gasteiger partial charge on any atom is -0.350 e. The van der Waals surface area contributed by atoms with Crippen molar-refractivity contribution in [1.29, 1.82) is 10.5 Å². The molecule has 1 amide bonds. The summed E-state index contributed by atoms with van der Waals surface area (Å²) < 4.78 is 0. The van der Waals surface area contributed by atoms with Crippen LogP contribution in [-0.4, -0.2) is 43.0 Å². The lowest BCUT2D eigenvalue weighted by atomic mass is 10.2. The van der Waals surface area contributed by atoms with E-state index in [9.17, 15) is 4.79 Å². The Kier molecular flexibility index (Phi) is 5.49. The zero-order chi connectivity index (χ0) is 15.1. The molecule has 20 heavy (non-hydrogen) atoms. The number of nitrogens with zero attached hydrogens (tertiary/aromatic N) is 5. The number of pyridine rings is 1. The maximum Gasteiger partial charge on any atom is 0.241 e. The van der Waals surface area contributed by atoms with Crippen LogP contribution < -0.4 is 4.90 Å². The third kappa shape index (κ3) is 4.25. The van der Waals surface area contributed by atoms with E-state index in [-0.39, 0.29) is 18.4 Å². The molecule has 0 spiro atoms. The van der Waals surface area contributed by atoms with Crippen LogP contribution in [0, 0.1) is 28.6 Å². The lowest BCUT2D eigenvalue weighted by molar-refractivity contribution is -0.128. The van der Waals surface area contributed by atoms with Gasteiger partial charge in [0.2, 0.25) is 5.91 Å². The van der Waals surface area contributed by atoms with E-state index in [2.05, 4.69) is 11.1 Å². The molecule has 0 saturated carbocycles. The summed E-state index contributed by atoms with van der Waals surface area (Å²) in [6.45, 7) is 2.35. The highest BCUT2D eigenvalue weighted by atomic mass is 16.2. The SMILES string of the molecule is CC(C#N)CN(C)C(=O)CN(C)c1ccc(C#N)cn1. The van der Waals surface area contributed by atoms with Gasteiger partial charge in [0.1, 0.15) is 11.9 Å². The van der Waals surface area contributed by atoms with Crippen LogP contribution in [0.15, 0.2) is 18.3 Å². The van der Waals surface area contributed by atoms with Crippen molar-refractivity contribution in [2.75, 3.05) is 32.1 Å². The van der Waals surface area contributed by atoms with Crippen LogP contribution in [0.2, 0.25) is 0 Å². The monoisotopic (exact) mass is 271 g/mol. The van der Waals surface area contributed by atoms with Gasteiger partial charge in [-0.1, -0.05) is 0 Å². The summed E-state index contributed by atoms with van der Waals surface area (Å²) in [6.07, 6.45) is 1.47. The first-order valence-corrected chi connectivity index (χ1v) is 6.18. The highest BCUT2D eigenvalue weighted by Gasteiger charge is 2.15. The van der Waals surface area contributed by atoms with Gasteiger partial charge in [0.25, 0.3) is 0 Å². The largest absolute Gasteiger partial charge is 0.350 e. The summed E-state index contributed by atoms with van der Waals surface area (Å²) in [5.74, 6) is 0.349. The Bertz CT molecular complexity index is 540. The summed E-state index contributed by atoms with van der Waals surface area (Å²) in [4.78, 5) is 19.4. The smallest absolute Gasteiger partial charge is 0.241 e. The van der Waals surface area contributed by atoms with Crippen LogP contribution in [-0.2, 0) is 4.79 Å². The van der Waals surface area contributed by atoms with E-state index < -0.39 is 0 Å². The minimum atomic E-state index is -0.192. The second-order valence-corrected chi connectivity index (χ2v) is 4.68. The first-order chi connectivity index (χ1) is 9.47. The summed E-state index contributed by atoms with van der Waals surface area (Å²) in [7, 11) is 3.43. The quantitative estimate of drug-likeness (QED) is 0.798. The van der Waals surface area contributed by atoms with Crippen molar-refractivity contribution in [3.63, 3.8) is 0 Å². The van der Waals surface area contributed by atoms with E-state index in [1.807, 2.05) is 6.07 Å². The van der Waals surface area contributed by atoms with Crippen molar-refractivity contribution in [1.82, 2.24) is 9.88 Å². The molecule has 104 valence electrons. The van der Waals surface area contributed by atoms with Crippen molar-refractivity contribution >= 4 is 11.7 Å². The van der Waals surface area contributed by atoms with Crippen molar-refractivity contribution in [2.24, 2.45) is 5.92 Å². The molecule has 0 bridgehead atoms. The summed E-state index contributed by atoms with van der Waals surface area (Å²) in [6, 6.07) is 7.45. The molecule has 1 rings (SSSR count). The molecule has 1 unspecified atom stereocenters. The number of carbonyl (C=O) groups excluding carboxylic acids is 1. The fourth-order valence-electron chi connectivity index (χ4n) is 1.64. The molecule has 0 aromatic carbocycles. The zero-order valence-electron chi connectivity index (χ0n) is 11.9. The average molecular weight is 271 g/mol. The number of amides is 1. The predicted molar refractivity (Wildman–Crippen MR) is 74.6 cm³/mol. The van der Waals surface area contributed by atoms with Gasteiger partial charge in [-0.2, -0.15) is 10.5 Å². The summed E-state index contributed by atoms with van der Waals surface area (Å²) in [5, 5.41) is 17.4. The number of hydrogen-bond donors (Lipinski definition) is 0. The Balaban J connectivity index is 2.61. The Labute approximate surface area is 118 Å². The maximum absolute atomic E-state index is 12.0. The van der Waals surface area contributed by atoms with Gasteiger partial charge in [0.05, 0.1) is 24.1 Å². The van der Waals surface area contributed by atoms with Crippen molar-refractivity contribution in [3.8, 4) is 12.1 Å². The normalized spacial score (nSPS) is 11.1. The number of likely N-dealkylation sites (N-methyl/N-ethyl adjacent to an activating group) is 2. The first-order valence-electron chi connectivity index (χ1n) is 6.18. The van der Waals surface area contributed by atoms with E-state index >= 15 is 0 Å². The number of rotatable bonds is 5. The topological polar surface area (TPSA) is 84.0 Å². The van der Waals surface area contributed by atoms with E-state index in [1.165, 1.54) is 11.1 Å². The predicted octanol–water partition coefficient (Wildman–Crippen LogP) is 1.01. The molecule has 1 atom stereocenters. The van der Waals surface area contributed by atoms with E-state index in [1.54, 1.807) is 38.1 Å². The van der Waals surface area contributed by atoms with Crippen molar-refractivity contribution in [2.45, 2.75) is 6.92 Å². The molecule has 0 saturated heterocycles. The minimum absolute atomic E-state index is 0.0826. The van der Waals surface area contributed by atoms with Crippen LogP contribution in [0.4, 0.5) is 5.82 Å². The van der Waals surface area contributed by atoms with Gasteiger partial charge in [-0.25, -0.2) is 4.98 Å². The van der Waals surface area contributed by atoms with Gasteiger partial charge in [-0.15, -0.1) is 0 Å². The van der Waals surface area contributed by atoms with Crippen molar-refractivity contribution < 1.29 is 4.79 Å². The summed E-state index contributed by atoms with van der Waals surface area (Å²) in [5.41, 5.74) is 0.480. The molecular weight excluding hydrogens is 254 g/mol. The van der Waals surface area contributed by atoms with Gasteiger partial charge in [-0.05, 0) is 19.1 Å². The molecule has 0 aliphatic carbocycles. The van der Waals surface area contributed by atoms with Crippen LogP contribution in [0.1, 0.15) is 12.5 Å². The first kappa shape index (κ1) is 15.5. The lowest BCUT2D eigenvalue weighted by Crippen LogP contribution is -2.38. The van der Waals surface area contributed by atoms with Crippen molar-refractivity contribution in [3.05, 3.63) is 23.9 Å². The second-order valence-electron chi connectivity index (χ2n) is 4.68. The Morgan fingerprint density at radius 2 is 2.10 bits per heavy atom. The maximum atomic E-state index is 12.0. The molecule has 6 heteroatoms. The van der Waals surface area contributed by atoms with Gasteiger partial charge in [0, 0.05) is 26.8 Å². The molecule has 0 aliphatic heterocycles. The molecule has 1 heterocycles. The van der Waals surface area contributed by atoms with E-state index in [4.69, 9.17) is 10.5 Å². The highest BCUT2D eigenvalue weighted by molar-refractivity contribution is 5.80. The second kappa shape index (κ2) is 7.10. The Morgan fingerprint density at radius 1 is 1.40 bits per heavy atom. The molecule has 6 nitrogen and oxygen atoms in total. The number of nitriles is 2. The van der Waals surface area contributed by atoms with Crippen LogP contribution in [0.5, 0.6) is 0 Å². The average Bonchev–Trinajstić information content (AvgIpc) is 2.46. The molecule has 0 N–H and O–H groups in total. The zero-order valence-corrected chi connectivity index (χ0v) is 11.9. The van der Waals surface area contributed by atoms with Gasteiger partial charge >= 0.3 is 0 Å². The number of carbonyl (C=O) groups is 1. The Hall–Kier alpha value is -2.60. The molecule has 1 aromatic heterocycles. The number of anilines is 1.